The molecule has 18 heavy (non-hydrogen) atoms. The molecule has 1 aromatic heterocycles. The summed E-state index contributed by atoms with van der Waals surface area (Å²) >= 11 is 1.78. The van der Waals surface area contributed by atoms with E-state index in [2.05, 4.69) is 31.3 Å². The van der Waals surface area contributed by atoms with E-state index in [1.807, 2.05) is 13.0 Å². The van der Waals surface area contributed by atoms with Gasteiger partial charge in [0.25, 0.3) is 0 Å². The van der Waals surface area contributed by atoms with Gasteiger partial charge in [-0.1, -0.05) is 13.0 Å². The molecule has 1 aromatic carbocycles. The molecule has 1 unspecified atom stereocenters. The summed E-state index contributed by atoms with van der Waals surface area (Å²) in [5.74, 6) is -0.186. The Bertz CT molecular complexity index is 533. The molecule has 0 aliphatic heterocycles. The van der Waals surface area contributed by atoms with Gasteiger partial charge in [-0.15, -0.1) is 11.3 Å². The Kier molecular flexibility index (Phi) is 4.02. The normalized spacial score (nSPS) is 12.4. The number of anilines is 1. The molecule has 0 saturated heterocycles. The van der Waals surface area contributed by atoms with Gasteiger partial charge in [-0.2, -0.15) is 0 Å². The van der Waals surface area contributed by atoms with Crippen molar-refractivity contribution in [1.82, 2.24) is 0 Å². The van der Waals surface area contributed by atoms with E-state index in [0.717, 1.165) is 12.0 Å². The Morgan fingerprint density at radius 3 is 2.67 bits per heavy atom. The number of hydrogen-bond donors (Lipinski definition) is 1. The first kappa shape index (κ1) is 13.1. The van der Waals surface area contributed by atoms with Crippen LogP contribution in [-0.4, -0.2) is 0 Å². The number of benzene rings is 1. The zero-order valence-electron chi connectivity index (χ0n) is 11.0. The highest BCUT2D eigenvalue weighted by molar-refractivity contribution is 7.12. The van der Waals surface area contributed by atoms with Gasteiger partial charge in [-0.25, -0.2) is 4.39 Å². The van der Waals surface area contributed by atoms with Crippen LogP contribution in [0.2, 0.25) is 0 Å². The van der Waals surface area contributed by atoms with Gasteiger partial charge in [0.15, 0.2) is 0 Å². The molecule has 3 heteroatoms. The van der Waals surface area contributed by atoms with Gasteiger partial charge in [0.1, 0.15) is 5.82 Å². The summed E-state index contributed by atoms with van der Waals surface area (Å²) in [5, 5.41) is 3.23. The van der Waals surface area contributed by atoms with Crippen LogP contribution in [0.4, 0.5) is 10.1 Å². The van der Waals surface area contributed by atoms with E-state index in [0.29, 0.717) is 5.69 Å². The summed E-state index contributed by atoms with van der Waals surface area (Å²) in [7, 11) is 0. The maximum atomic E-state index is 13.7. The number of halogens is 1. The highest BCUT2D eigenvalue weighted by Crippen LogP contribution is 2.27. The third-order valence-electron chi connectivity index (χ3n) is 2.95. The molecule has 0 fully saturated rings. The maximum Gasteiger partial charge on any atom is 0.146 e. The van der Waals surface area contributed by atoms with Gasteiger partial charge in [0.05, 0.1) is 11.7 Å². The number of hydrogen-bond acceptors (Lipinski definition) is 2. The fraction of sp³-hybridized carbons (Fsp3) is 0.333. The molecule has 0 spiro atoms. The first-order valence-corrected chi connectivity index (χ1v) is 7.03. The lowest BCUT2D eigenvalue weighted by atomic mass is 10.2. The van der Waals surface area contributed by atoms with Crippen molar-refractivity contribution in [1.29, 1.82) is 0 Å². The Morgan fingerprint density at radius 2 is 2.06 bits per heavy atom. The predicted octanol–water partition coefficient (Wildman–Crippen LogP) is 4.93. The highest BCUT2D eigenvalue weighted by atomic mass is 32.1. The van der Waals surface area contributed by atoms with Crippen LogP contribution in [0.3, 0.4) is 0 Å². The van der Waals surface area contributed by atoms with Crippen molar-refractivity contribution >= 4 is 17.0 Å². The lowest BCUT2D eigenvalue weighted by Gasteiger charge is -2.14. The van der Waals surface area contributed by atoms with Gasteiger partial charge < -0.3 is 5.32 Å². The van der Waals surface area contributed by atoms with E-state index in [9.17, 15) is 4.39 Å². The van der Waals surface area contributed by atoms with E-state index in [1.165, 1.54) is 9.75 Å². The fourth-order valence-corrected chi connectivity index (χ4v) is 2.81. The summed E-state index contributed by atoms with van der Waals surface area (Å²) in [6, 6.07) is 9.67. The second kappa shape index (κ2) is 5.53. The third-order valence-corrected chi connectivity index (χ3v) is 4.37. The van der Waals surface area contributed by atoms with Gasteiger partial charge in [0.2, 0.25) is 0 Å². The van der Waals surface area contributed by atoms with Crippen LogP contribution in [0, 0.1) is 12.7 Å². The minimum Gasteiger partial charge on any atom is -0.375 e. The lowest BCUT2D eigenvalue weighted by molar-refractivity contribution is 0.626. The second-order valence-corrected chi connectivity index (χ2v) is 5.71. The molecule has 0 bridgehead atoms. The summed E-state index contributed by atoms with van der Waals surface area (Å²) in [4.78, 5) is 2.61. The third kappa shape index (κ3) is 2.91. The summed E-state index contributed by atoms with van der Waals surface area (Å²) in [6.07, 6.45) is 1.05. The van der Waals surface area contributed by atoms with Crippen LogP contribution in [0.1, 0.15) is 35.2 Å². The average molecular weight is 263 g/mol. The summed E-state index contributed by atoms with van der Waals surface area (Å²) in [6.45, 7) is 6.10. The number of rotatable bonds is 4. The zero-order chi connectivity index (χ0) is 13.1. The standard InChI is InChI=1S/C15H18FNS/c1-4-12-6-8-15(18-12)11(3)17-14-7-5-10(2)9-13(14)16/h5-9,11,17H,4H2,1-3H3. The second-order valence-electron chi connectivity index (χ2n) is 4.51. The lowest BCUT2D eigenvalue weighted by Crippen LogP contribution is -2.06. The van der Waals surface area contributed by atoms with Crippen LogP contribution in [0.15, 0.2) is 30.3 Å². The van der Waals surface area contributed by atoms with Crippen molar-refractivity contribution < 1.29 is 4.39 Å². The van der Waals surface area contributed by atoms with Crippen molar-refractivity contribution in [3.63, 3.8) is 0 Å². The quantitative estimate of drug-likeness (QED) is 0.824. The molecular formula is C15H18FNS. The molecular weight excluding hydrogens is 245 g/mol. The molecule has 1 N–H and O–H groups in total. The Balaban J connectivity index is 2.13. The molecule has 0 aliphatic rings. The Labute approximate surface area is 112 Å². The van der Waals surface area contributed by atoms with Crippen LogP contribution < -0.4 is 5.32 Å². The zero-order valence-corrected chi connectivity index (χ0v) is 11.8. The molecule has 2 rings (SSSR count). The Morgan fingerprint density at radius 1 is 1.28 bits per heavy atom. The molecule has 2 aromatic rings. The largest absolute Gasteiger partial charge is 0.375 e. The maximum absolute atomic E-state index is 13.7. The first-order valence-electron chi connectivity index (χ1n) is 6.21. The molecule has 1 atom stereocenters. The van der Waals surface area contributed by atoms with Gasteiger partial charge in [-0.05, 0) is 50.1 Å². The van der Waals surface area contributed by atoms with Crippen LogP contribution in [0.25, 0.3) is 0 Å². The average Bonchev–Trinajstić information content (AvgIpc) is 2.81. The Hall–Kier alpha value is -1.35. The first-order chi connectivity index (χ1) is 8.60. The fourth-order valence-electron chi connectivity index (χ4n) is 1.86. The number of aryl methyl sites for hydroxylation is 2. The van der Waals surface area contributed by atoms with E-state index in [-0.39, 0.29) is 11.9 Å². The predicted molar refractivity (Wildman–Crippen MR) is 76.9 cm³/mol. The van der Waals surface area contributed by atoms with Gasteiger partial charge >= 0.3 is 0 Å². The van der Waals surface area contributed by atoms with E-state index in [1.54, 1.807) is 23.5 Å². The van der Waals surface area contributed by atoms with Gasteiger partial charge in [0, 0.05) is 9.75 Å². The minimum absolute atomic E-state index is 0.132. The van der Waals surface area contributed by atoms with Crippen molar-refractivity contribution in [2.24, 2.45) is 0 Å². The molecule has 0 amide bonds. The van der Waals surface area contributed by atoms with Crippen molar-refractivity contribution in [3.8, 4) is 0 Å². The summed E-state index contributed by atoms with van der Waals surface area (Å²) < 4.78 is 13.7. The highest BCUT2D eigenvalue weighted by Gasteiger charge is 2.10. The molecule has 0 radical (unpaired) electrons. The molecule has 1 nitrogen and oxygen atoms in total. The van der Waals surface area contributed by atoms with Crippen LogP contribution in [-0.2, 0) is 6.42 Å². The number of nitrogens with one attached hydrogen (secondary N) is 1. The smallest absolute Gasteiger partial charge is 0.146 e. The van der Waals surface area contributed by atoms with Crippen LogP contribution in [0.5, 0.6) is 0 Å². The van der Waals surface area contributed by atoms with Crippen molar-refractivity contribution in [2.45, 2.75) is 33.2 Å². The molecule has 96 valence electrons. The minimum atomic E-state index is -0.186. The SMILES string of the molecule is CCc1ccc(C(C)Nc2ccc(C)cc2F)s1. The monoisotopic (exact) mass is 263 g/mol. The van der Waals surface area contributed by atoms with E-state index in [4.69, 9.17) is 0 Å². The summed E-state index contributed by atoms with van der Waals surface area (Å²) in [5.41, 5.74) is 1.51. The van der Waals surface area contributed by atoms with E-state index >= 15 is 0 Å². The van der Waals surface area contributed by atoms with Crippen molar-refractivity contribution in [2.75, 3.05) is 5.32 Å². The van der Waals surface area contributed by atoms with Crippen LogP contribution >= 0.6 is 11.3 Å². The number of thiophene rings is 1. The van der Waals surface area contributed by atoms with Gasteiger partial charge in [-0.3, -0.25) is 0 Å². The molecule has 1 heterocycles. The molecule has 0 saturated carbocycles. The molecule has 0 aliphatic carbocycles. The van der Waals surface area contributed by atoms with Crippen molar-refractivity contribution in [3.05, 3.63) is 51.5 Å². The van der Waals surface area contributed by atoms with E-state index < -0.39 is 0 Å². The topological polar surface area (TPSA) is 12.0 Å².